The van der Waals surface area contributed by atoms with Gasteiger partial charge in [-0.25, -0.2) is 14.8 Å². The minimum Gasteiger partial charge on any atom is -0.330 e. The highest BCUT2D eigenvalue weighted by Crippen LogP contribution is 2.43. The molecule has 1 aliphatic carbocycles. The van der Waals surface area contributed by atoms with E-state index in [1.54, 1.807) is 22.7 Å². The summed E-state index contributed by atoms with van der Waals surface area (Å²) in [4.78, 5) is 22.5. The molecular weight excluding hydrogens is 352 g/mol. The molecule has 25 heavy (non-hydrogen) atoms. The number of hydrogen-bond acceptors (Lipinski definition) is 5. The number of thiazole rings is 2. The number of carbonyl (C=O) groups excluding carboxylic acids is 1. The Morgan fingerprint density at radius 3 is 2.72 bits per heavy atom. The third-order valence-corrected chi connectivity index (χ3v) is 6.71. The van der Waals surface area contributed by atoms with E-state index in [4.69, 9.17) is 0 Å². The molecule has 1 atom stereocenters. The van der Waals surface area contributed by atoms with Gasteiger partial charge in [-0.2, -0.15) is 0 Å². The van der Waals surface area contributed by atoms with Crippen LogP contribution in [0.2, 0.25) is 0 Å². The van der Waals surface area contributed by atoms with Crippen molar-refractivity contribution in [2.45, 2.75) is 45.6 Å². The Bertz CT molecular complexity index is 942. The van der Waals surface area contributed by atoms with Crippen LogP contribution >= 0.6 is 22.7 Å². The number of fused-ring (bicyclic) bond motifs is 1. The van der Waals surface area contributed by atoms with E-state index in [0.29, 0.717) is 5.92 Å². The van der Waals surface area contributed by atoms with Crippen molar-refractivity contribution in [1.29, 1.82) is 0 Å². The Kier molecular flexibility index (Phi) is 4.21. The number of rotatable bonds is 4. The Balaban J connectivity index is 1.44. The maximum atomic E-state index is 12.3. The number of nitrogens with zero attached hydrogens (tertiary/aromatic N) is 2. The highest BCUT2D eigenvalue weighted by atomic mass is 32.1. The number of amides is 2. The zero-order valence-corrected chi connectivity index (χ0v) is 16.1. The first-order chi connectivity index (χ1) is 12.0. The molecule has 3 aromatic rings. The van der Waals surface area contributed by atoms with Gasteiger partial charge in [-0.15, -0.1) is 22.7 Å². The molecule has 2 heterocycles. The highest BCUT2D eigenvalue weighted by Gasteiger charge is 2.27. The number of aromatic nitrogens is 2. The lowest BCUT2D eigenvalue weighted by Gasteiger charge is -2.14. The number of carbonyl (C=O) groups is 1. The zero-order valence-electron chi connectivity index (χ0n) is 14.4. The molecule has 0 aliphatic heterocycles. The summed E-state index contributed by atoms with van der Waals surface area (Å²) < 4.78 is 1.13. The third-order valence-electron chi connectivity index (χ3n) is 4.27. The van der Waals surface area contributed by atoms with Gasteiger partial charge < -0.3 is 10.6 Å². The second kappa shape index (κ2) is 6.38. The fourth-order valence-corrected chi connectivity index (χ4v) is 5.01. The molecular formula is C18H20N4OS2. The van der Waals surface area contributed by atoms with E-state index in [0.717, 1.165) is 31.5 Å². The van der Waals surface area contributed by atoms with E-state index in [2.05, 4.69) is 20.6 Å². The molecule has 0 bridgehead atoms. The Hall–Kier alpha value is -1.99. The molecule has 0 spiro atoms. The standard InChI is InChI=1S/C18H20N4OS2/c1-9-16(24-11(3)19-9)10(2)20-18(23)21-13-6-7-14-15(8-13)25-17(22-14)12-4-5-12/h6-8,10,12H,4-5H2,1-3H3,(H2,20,21,23)/t10-/m0/s1. The van der Waals surface area contributed by atoms with Crippen LogP contribution in [0.15, 0.2) is 18.2 Å². The predicted molar refractivity (Wildman–Crippen MR) is 104 cm³/mol. The van der Waals surface area contributed by atoms with Gasteiger partial charge in [0.25, 0.3) is 0 Å². The molecule has 1 fully saturated rings. The van der Waals surface area contributed by atoms with Gasteiger partial charge in [0.05, 0.1) is 32.0 Å². The second-order valence-corrected chi connectivity index (χ2v) is 8.81. The van der Waals surface area contributed by atoms with Crippen LogP contribution in [0.4, 0.5) is 10.5 Å². The van der Waals surface area contributed by atoms with Crippen molar-refractivity contribution in [2.24, 2.45) is 0 Å². The van der Waals surface area contributed by atoms with Crippen LogP contribution < -0.4 is 10.6 Å². The van der Waals surface area contributed by atoms with E-state index >= 15 is 0 Å². The van der Waals surface area contributed by atoms with Crippen molar-refractivity contribution in [2.75, 3.05) is 5.32 Å². The molecule has 2 amide bonds. The summed E-state index contributed by atoms with van der Waals surface area (Å²) in [5, 5.41) is 8.16. The van der Waals surface area contributed by atoms with Crippen LogP contribution in [0.25, 0.3) is 10.2 Å². The monoisotopic (exact) mass is 372 g/mol. The minimum absolute atomic E-state index is 0.0696. The van der Waals surface area contributed by atoms with E-state index in [-0.39, 0.29) is 12.1 Å². The largest absolute Gasteiger partial charge is 0.330 e. The number of urea groups is 1. The normalized spacial score (nSPS) is 15.3. The van der Waals surface area contributed by atoms with Crippen molar-refractivity contribution in [3.8, 4) is 0 Å². The Morgan fingerprint density at radius 2 is 2.04 bits per heavy atom. The van der Waals surface area contributed by atoms with Crippen molar-refractivity contribution in [3.63, 3.8) is 0 Å². The lowest BCUT2D eigenvalue weighted by molar-refractivity contribution is 0.249. The molecule has 1 saturated carbocycles. The molecule has 0 unspecified atom stereocenters. The summed E-state index contributed by atoms with van der Waals surface area (Å²) in [7, 11) is 0. The number of aryl methyl sites for hydroxylation is 2. The average Bonchev–Trinajstić information content (AvgIpc) is 3.23. The summed E-state index contributed by atoms with van der Waals surface area (Å²) in [5.41, 5.74) is 2.79. The summed E-state index contributed by atoms with van der Waals surface area (Å²) in [6.07, 6.45) is 2.50. The summed E-state index contributed by atoms with van der Waals surface area (Å²) in [5.74, 6) is 0.657. The zero-order chi connectivity index (χ0) is 17.6. The number of nitrogens with one attached hydrogen (secondary N) is 2. The van der Waals surface area contributed by atoms with Gasteiger partial charge in [-0.1, -0.05) is 0 Å². The topological polar surface area (TPSA) is 66.9 Å². The number of hydrogen-bond donors (Lipinski definition) is 2. The average molecular weight is 373 g/mol. The fourth-order valence-electron chi connectivity index (χ4n) is 2.90. The Morgan fingerprint density at radius 1 is 1.24 bits per heavy atom. The third kappa shape index (κ3) is 3.52. The molecule has 0 radical (unpaired) electrons. The first-order valence-corrected chi connectivity index (χ1v) is 10.0. The van der Waals surface area contributed by atoms with Gasteiger partial charge in [-0.05, 0) is 51.8 Å². The molecule has 1 aliphatic rings. The number of anilines is 1. The van der Waals surface area contributed by atoms with Crippen molar-refractivity contribution >= 4 is 44.6 Å². The lowest BCUT2D eigenvalue weighted by Crippen LogP contribution is -2.31. The smallest absolute Gasteiger partial charge is 0.319 e. The summed E-state index contributed by atoms with van der Waals surface area (Å²) in [6, 6.07) is 5.62. The molecule has 7 heteroatoms. The molecule has 2 aromatic heterocycles. The highest BCUT2D eigenvalue weighted by molar-refractivity contribution is 7.18. The van der Waals surface area contributed by atoms with Crippen LogP contribution in [0.1, 0.15) is 52.3 Å². The van der Waals surface area contributed by atoms with Crippen LogP contribution in [0.3, 0.4) is 0 Å². The van der Waals surface area contributed by atoms with E-state index in [1.807, 2.05) is 39.0 Å². The van der Waals surface area contributed by atoms with Gasteiger partial charge in [0, 0.05) is 16.5 Å². The SMILES string of the molecule is Cc1nc(C)c([C@H](C)NC(=O)Nc2ccc3nc(C4CC4)sc3c2)s1. The molecule has 0 saturated heterocycles. The van der Waals surface area contributed by atoms with Crippen LogP contribution in [0, 0.1) is 13.8 Å². The second-order valence-electron chi connectivity index (χ2n) is 6.51. The first-order valence-electron chi connectivity index (χ1n) is 8.41. The maximum Gasteiger partial charge on any atom is 0.319 e. The molecule has 4 rings (SSSR count). The summed E-state index contributed by atoms with van der Waals surface area (Å²) in [6.45, 7) is 5.94. The van der Waals surface area contributed by atoms with Crippen molar-refractivity contribution in [3.05, 3.63) is 38.8 Å². The fraction of sp³-hybridized carbons (Fsp3) is 0.389. The molecule has 5 nitrogen and oxygen atoms in total. The Labute approximate surface area is 154 Å². The van der Waals surface area contributed by atoms with Gasteiger partial charge >= 0.3 is 6.03 Å². The van der Waals surface area contributed by atoms with Gasteiger partial charge in [-0.3, -0.25) is 0 Å². The summed E-state index contributed by atoms with van der Waals surface area (Å²) >= 11 is 3.36. The van der Waals surface area contributed by atoms with Crippen LogP contribution in [-0.4, -0.2) is 16.0 Å². The van der Waals surface area contributed by atoms with E-state index in [1.165, 1.54) is 17.8 Å². The quantitative estimate of drug-likeness (QED) is 0.667. The van der Waals surface area contributed by atoms with E-state index < -0.39 is 0 Å². The predicted octanol–water partition coefficient (Wildman–Crippen LogP) is 5.13. The molecule has 2 N–H and O–H groups in total. The molecule has 1 aromatic carbocycles. The lowest BCUT2D eigenvalue weighted by atomic mass is 10.2. The van der Waals surface area contributed by atoms with Crippen molar-refractivity contribution < 1.29 is 4.79 Å². The van der Waals surface area contributed by atoms with Crippen LogP contribution in [-0.2, 0) is 0 Å². The van der Waals surface area contributed by atoms with Gasteiger partial charge in [0.1, 0.15) is 0 Å². The molecule has 130 valence electrons. The van der Waals surface area contributed by atoms with E-state index in [9.17, 15) is 4.79 Å². The maximum absolute atomic E-state index is 12.3. The van der Waals surface area contributed by atoms with Gasteiger partial charge in [0.2, 0.25) is 0 Å². The number of benzene rings is 1. The minimum atomic E-state index is -0.204. The first kappa shape index (κ1) is 16.5. The van der Waals surface area contributed by atoms with Crippen molar-refractivity contribution in [1.82, 2.24) is 15.3 Å². The van der Waals surface area contributed by atoms with Gasteiger partial charge in [0.15, 0.2) is 0 Å². The van der Waals surface area contributed by atoms with Crippen LogP contribution in [0.5, 0.6) is 0 Å².